The number of hydrogen-bond acceptors (Lipinski definition) is 8. The molecule has 0 aromatic heterocycles. The average molecular weight is 795 g/mol. The second kappa shape index (κ2) is 16.1. The van der Waals surface area contributed by atoms with Gasteiger partial charge in [0.05, 0.1) is 24.2 Å². The molecule has 3 aliphatic heterocycles. The number of carbonyl (C=O) groups excluding carboxylic acids is 5. The first-order valence-electron chi connectivity index (χ1n) is 21.1. The first-order valence-corrected chi connectivity index (χ1v) is 21.1. The summed E-state index contributed by atoms with van der Waals surface area (Å²) < 4.78 is 6.35. The molecule has 4 aromatic carbocycles. The molecule has 1 saturated carbocycles. The van der Waals surface area contributed by atoms with Crippen LogP contribution in [0, 0.1) is 5.92 Å². The maximum Gasteiger partial charge on any atom is 0.262 e. The third-order valence-electron chi connectivity index (χ3n) is 13.5. The zero-order chi connectivity index (χ0) is 40.8. The first kappa shape index (κ1) is 38.7. The van der Waals surface area contributed by atoms with Crippen LogP contribution in [-0.4, -0.2) is 88.0 Å². The second-order valence-corrected chi connectivity index (χ2v) is 16.9. The lowest BCUT2D eigenvalue weighted by molar-refractivity contribution is -0.146. The number of nitrogens with one attached hydrogen (secondary N) is 1. The number of phenolic OH excluding ortho intramolecular Hbond substituents is 1. The van der Waals surface area contributed by atoms with Crippen LogP contribution >= 0.6 is 0 Å². The van der Waals surface area contributed by atoms with E-state index in [9.17, 15) is 29.1 Å². The van der Waals surface area contributed by atoms with Gasteiger partial charge in [-0.2, -0.15) is 0 Å². The maximum absolute atomic E-state index is 13.6. The van der Waals surface area contributed by atoms with Gasteiger partial charge in [0.2, 0.25) is 11.8 Å². The lowest BCUT2D eigenvalue weighted by atomic mass is 9.69. The number of aryl methyl sites for hydroxylation is 1. The summed E-state index contributed by atoms with van der Waals surface area (Å²) >= 11 is 0. The average Bonchev–Trinajstić information content (AvgIpc) is 3.78. The van der Waals surface area contributed by atoms with E-state index in [1.807, 2.05) is 35.2 Å². The number of phenols is 1. The number of rotatable bonds is 11. The molecule has 3 unspecified atom stereocenters. The van der Waals surface area contributed by atoms with Crippen molar-refractivity contribution in [2.75, 3.05) is 20.1 Å². The number of hydrogen-bond donors (Lipinski definition) is 2. The van der Waals surface area contributed by atoms with Crippen molar-refractivity contribution in [1.82, 2.24) is 20.0 Å². The number of fused-ring (bicyclic) bond motifs is 3. The van der Waals surface area contributed by atoms with Crippen LogP contribution in [-0.2, 0) is 33.9 Å². The molecule has 2 N–H and O–H groups in total. The van der Waals surface area contributed by atoms with Gasteiger partial charge in [0.25, 0.3) is 11.8 Å². The van der Waals surface area contributed by atoms with Gasteiger partial charge >= 0.3 is 0 Å². The van der Waals surface area contributed by atoms with E-state index in [1.165, 1.54) is 29.3 Å². The molecule has 0 radical (unpaired) electrons. The van der Waals surface area contributed by atoms with E-state index in [2.05, 4.69) is 58.7 Å². The molecule has 3 atom stereocenters. The van der Waals surface area contributed by atoms with Gasteiger partial charge in [-0.05, 0) is 121 Å². The first-order chi connectivity index (χ1) is 28.7. The normalized spacial score (nSPS) is 23.2. The Bertz CT molecular complexity index is 2240. The zero-order valence-electron chi connectivity index (χ0n) is 33.3. The number of aromatic hydroxyl groups is 1. The van der Waals surface area contributed by atoms with Gasteiger partial charge < -0.3 is 24.9 Å². The van der Waals surface area contributed by atoms with Crippen LogP contribution < -0.4 is 10.1 Å². The van der Waals surface area contributed by atoms with Crippen molar-refractivity contribution in [2.24, 2.45) is 5.92 Å². The Morgan fingerprint density at radius 3 is 2.15 bits per heavy atom. The van der Waals surface area contributed by atoms with Gasteiger partial charge in [0, 0.05) is 44.4 Å². The van der Waals surface area contributed by atoms with E-state index in [1.54, 1.807) is 6.07 Å². The molecule has 3 heterocycles. The number of benzene rings is 4. The molecule has 59 heavy (non-hydrogen) atoms. The Morgan fingerprint density at radius 2 is 1.51 bits per heavy atom. The topological polar surface area (TPSA) is 137 Å². The fourth-order valence-electron chi connectivity index (χ4n) is 10.4. The van der Waals surface area contributed by atoms with Gasteiger partial charge in [-0.1, -0.05) is 48.5 Å². The number of likely N-dealkylation sites (N-methyl/N-ethyl adjacent to an activating group) is 1. The van der Waals surface area contributed by atoms with Crippen molar-refractivity contribution in [2.45, 2.75) is 94.5 Å². The zero-order valence-corrected chi connectivity index (χ0v) is 33.3. The van der Waals surface area contributed by atoms with E-state index in [0.717, 1.165) is 60.3 Å². The molecule has 11 nitrogen and oxygen atoms in total. The molecule has 304 valence electrons. The number of ether oxygens (including phenoxy) is 1. The molecule has 11 heteroatoms. The Labute approximate surface area is 344 Å². The van der Waals surface area contributed by atoms with Crippen LogP contribution in [0.25, 0.3) is 0 Å². The van der Waals surface area contributed by atoms with Crippen molar-refractivity contribution in [3.63, 3.8) is 0 Å². The predicted octanol–water partition coefficient (Wildman–Crippen LogP) is 6.11. The van der Waals surface area contributed by atoms with Crippen LogP contribution in [0.1, 0.15) is 111 Å². The van der Waals surface area contributed by atoms with E-state index in [4.69, 9.17) is 4.74 Å². The summed E-state index contributed by atoms with van der Waals surface area (Å²) in [6.07, 6.45) is 6.16. The fraction of sp³-hybridized carbons (Fsp3) is 0.396. The van der Waals surface area contributed by atoms with E-state index in [-0.39, 0.29) is 36.7 Å². The van der Waals surface area contributed by atoms with E-state index in [0.29, 0.717) is 61.3 Å². The summed E-state index contributed by atoms with van der Waals surface area (Å²) in [6.45, 7) is 2.49. The number of nitrogens with zero attached hydrogens (tertiary/aromatic N) is 3. The highest BCUT2D eigenvalue weighted by Gasteiger charge is 2.44. The second-order valence-electron chi connectivity index (χ2n) is 16.9. The minimum Gasteiger partial charge on any atom is -0.508 e. The molecular weight excluding hydrogens is 745 g/mol. The number of aldehydes is 1. The standard InChI is InChI=1S/C48H50N4O7/c1-49-45(55)43(8-5-21-53)52-47(57)41-23-33-25-50(26-34(33)24-42(41)48(52)58)35-14-9-31(10-15-35)46(56)51-27-38(28-51)59-37-17-11-30(12-18-37)44-39(29-6-3-2-4-7-29)19-13-32-22-36(54)16-20-40(32)44/h2-4,6-7,11-12,16-18,20-24,31,35,38-39,43-44,54H,5,8-10,13-15,19,25-28H2,1H3,(H,49,55). The summed E-state index contributed by atoms with van der Waals surface area (Å²) in [5.41, 5.74) is 7.64. The van der Waals surface area contributed by atoms with E-state index >= 15 is 0 Å². The Balaban J connectivity index is 0.767. The number of carbonyl (C=O) groups is 5. The van der Waals surface area contributed by atoms with Crippen molar-refractivity contribution < 1.29 is 33.8 Å². The summed E-state index contributed by atoms with van der Waals surface area (Å²) in [5, 5.41) is 12.7. The van der Waals surface area contributed by atoms with Gasteiger partial charge in [0.1, 0.15) is 29.9 Å². The van der Waals surface area contributed by atoms with Gasteiger partial charge in [-0.25, -0.2) is 0 Å². The quantitative estimate of drug-likeness (QED) is 0.137. The molecule has 0 spiro atoms. The van der Waals surface area contributed by atoms with Gasteiger partial charge in [-0.15, -0.1) is 0 Å². The molecule has 0 bridgehead atoms. The summed E-state index contributed by atoms with van der Waals surface area (Å²) in [6, 6.07) is 27.8. The summed E-state index contributed by atoms with van der Waals surface area (Å²) in [7, 11) is 1.45. The largest absolute Gasteiger partial charge is 0.508 e. The minimum atomic E-state index is -1.03. The number of likely N-dealkylation sites (tertiary alicyclic amines) is 1. The SMILES string of the molecule is CNC(=O)C(CCC=O)N1C(=O)c2cc3c(cc2C1=O)CN(C1CCC(C(=O)N2CC(Oc4ccc(C5c6ccc(O)cc6CCC5c5ccccc5)cc4)C2)CC1)C3. The van der Waals surface area contributed by atoms with Crippen LogP contribution in [0.2, 0.25) is 0 Å². The van der Waals surface area contributed by atoms with Crippen LogP contribution in [0.3, 0.4) is 0 Å². The molecule has 1 saturated heterocycles. The third-order valence-corrected chi connectivity index (χ3v) is 13.5. The van der Waals surface area contributed by atoms with Crippen molar-refractivity contribution in [3.05, 3.63) is 129 Å². The molecule has 5 aliphatic rings. The molecule has 2 fully saturated rings. The van der Waals surface area contributed by atoms with Crippen molar-refractivity contribution >= 4 is 29.9 Å². The lowest BCUT2D eigenvalue weighted by Crippen LogP contribution is -2.58. The van der Waals surface area contributed by atoms with Crippen LogP contribution in [0.15, 0.2) is 84.9 Å². The molecule has 4 amide bonds. The monoisotopic (exact) mass is 794 g/mol. The predicted molar refractivity (Wildman–Crippen MR) is 220 cm³/mol. The van der Waals surface area contributed by atoms with Gasteiger partial charge in [-0.3, -0.25) is 29.0 Å². The molecule has 2 aliphatic carbocycles. The van der Waals surface area contributed by atoms with Crippen LogP contribution in [0.4, 0.5) is 0 Å². The summed E-state index contributed by atoms with van der Waals surface area (Å²) in [5.74, 6) is 0.342. The van der Waals surface area contributed by atoms with Crippen LogP contribution in [0.5, 0.6) is 11.5 Å². The maximum atomic E-state index is 13.6. The summed E-state index contributed by atoms with van der Waals surface area (Å²) in [4.78, 5) is 69.4. The molecular formula is C48H50N4O7. The fourth-order valence-corrected chi connectivity index (χ4v) is 10.4. The molecule has 4 aromatic rings. The lowest BCUT2D eigenvalue weighted by Gasteiger charge is -2.42. The number of amides is 4. The third kappa shape index (κ3) is 7.30. The highest BCUT2D eigenvalue weighted by Crippen LogP contribution is 2.47. The van der Waals surface area contributed by atoms with E-state index < -0.39 is 23.8 Å². The van der Waals surface area contributed by atoms with Crippen molar-refractivity contribution in [1.29, 1.82) is 0 Å². The highest BCUT2D eigenvalue weighted by atomic mass is 16.5. The highest BCUT2D eigenvalue weighted by molar-refractivity contribution is 6.23. The Morgan fingerprint density at radius 1 is 0.831 bits per heavy atom. The number of imide groups is 1. The van der Waals surface area contributed by atoms with Gasteiger partial charge in [0.15, 0.2) is 0 Å². The Kier molecular flexibility index (Phi) is 10.6. The smallest absolute Gasteiger partial charge is 0.262 e. The Hall–Kier alpha value is -5.81. The minimum absolute atomic E-state index is 0.00758. The molecule has 9 rings (SSSR count). The van der Waals surface area contributed by atoms with Crippen molar-refractivity contribution in [3.8, 4) is 11.5 Å².